The summed E-state index contributed by atoms with van der Waals surface area (Å²) in [5.74, 6) is 0.864. The molecule has 188 valence electrons. The van der Waals surface area contributed by atoms with E-state index >= 15 is 0 Å². The lowest BCUT2D eigenvalue weighted by Gasteiger charge is -2.35. The fraction of sp³-hybridized carbons (Fsp3) is 0.680. The third-order valence-electron chi connectivity index (χ3n) is 5.80. The summed E-state index contributed by atoms with van der Waals surface area (Å²) in [4.78, 5) is 21.5. The number of amides is 1. The van der Waals surface area contributed by atoms with E-state index in [0.717, 1.165) is 36.6 Å². The maximum absolute atomic E-state index is 12.8. The van der Waals surface area contributed by atoms with Crippen molar-refractivity contribution in [1.29, 1.82) is 0 Å². The second-order valence-electron chi connectivity index (χ2n) is 9.30. The van der Waals surface area contributed by atoms with Gasteiger partial charge in [0.2, 0.25) is 0 Å². The summed E-state index contributed by atoms with van der Waals surface area (Å²) >= 11 is 0. The summed E-state index contributed by atoms with van der Waals surface area (Å²) < 4.78 is 5.73. The summed E-state index contributed by atoms with van der Waals surface area (Å²) in [5.41, 5.74) is 1.83. The molecule has 1 aromatic rings. The molecular formula is C25H44IN5O2. The van der Waals surface area contributed by atoms with Crippen LogP contribution in [0.3, 0.4) is 0 Å². The fourth-order valence-corrected chi connectivity index (χ4v) is 4.28. The lowest BCUT2D eigenvalue weighted by molar-refractivity contribution is -0.0586. The number of carbonyl (C=O) groups excluding carboxylic acids is 1. The molecule has 0 aliphatic carbocycles. The minimum absolute atomic E-state index is 0. The Labute approximate surface area is 217 Å². The van der Waals surface area contributed by atoms with Crippen LogP contribution in [0.25, 0.3) is 0 Å². The molecule has 1 aromatic carbocycles. The second-order valence-corrected chi connectivity index (χ2v) is 9.30. The van der Waals surface area contributed by atoms with Crippen LogP contribution in [-0.4, -0.2) is 79.2 Å². The molecule has 0 aromatic heterocycles. The quantitative estimate of drug-likeness (QED) is 0.204. The number of hydrogen-bond donors (Lipinski definition) is 2. The minimum atomic E-state index is 0. The molecule has 2 atom stereocenters. The van der Waals surface area contributed by atoms with Crippen molar-refractivity contribution >= 4 is 35.8 Å². The van der Waals surface area contributed by atoms with Gasteiger partial charge >= 0.3 is 0 Å². The molecule has 0 bridgehead atoms. The number of halogens is 1. The molecule has 1 aliphatic heterocycles. The van der Waals surface area contributed by atoms with Crippen molar-refractivity contribution in [2.45, 2.75) is 78.8 Å². The van der Waals surface area contributed by atoms with Gasteiger partial charge in [0.1, 0.15) is 0 Å². The molecule has 1 amide bonds. The molecule has 1 saturated heterocycles. The average Bonchev–Trinajstić information content (AvgIpc) is 2.74. The van der Waals surface area contributed by atoms with E-state index in [1.54, 1.807) is 7.05 Å². The first-order valence-electron chi connectivity index (χ1n) is 11.9. The third-order valence-corrected chi connectivity index (χ3v) is 5.80. The number of guanidine groups is 1. The van der Waals surface area contributed by atoms with Gasteiger partial charge in [-0.25, -0.2) is 0 Å². The number of aliphatic imine (C=N–C) groups is 1. The van der Waals surface area contributed by atoms with Gasteiger partial charge in [0.15, 0.2) is 5.96 Å². The Balaban J connectivity index is 0.00000544. The van der Waals surface area contributed by atoms with Crippen LogP contribution < -0.4 is 10.6 Å². The number of nitrogens with zero attached hydrogens (tertiary/aromatic N) is 3. The molecule has 0 radical (unpaired) electrons. The normalized spacial score (nSPS) is 19.1. The van der Waals surface area contributed by atoms with Crippen LogP contribution in [0.1, 0.15) is 63.9 Å². The van der Waals surface area contributed by atoms with Gasteiger partial charge in [-0.1, -0.05) is 12.1 Å². The van der Waals surface area contributed by atoms with Crippen LogP contribution in [0.2, 0.25) is 0 Å². The van der Waals surface area contributed by atoms with E-state index in [0.29, 0.717) is 31.7 Å². The molecule has 33 heavy (non-hydrogen) atoms. The Morgan fingerprint density at radius 1 is 1.09 bits per heavy atom. The van der Waals surface area contributed by atoms with Crippen LogP contribution in [0.5, 0.6) is 0 Å². The Kier molecular flexibility index (Phi) is 13.3. The van der Waals surface area contributed by atoms with E-state index in [1.165, 1.54) is 0 Å². The molecule has 2 N–H and O–H groups in total. The monoisotopic (exact) mass is 573 g/mol. The smallest absolute Gasteiger partial charge is 0.254 e. The number of morpholine rings is 1. The molecule has 0 spiro atoms. The van der Waals surface area contributed by atoms with Gasteiger partial charge in [0, 0.05) is 57.4 Å². The van der Waals surface area contributed by atoms with E-state index < -0.39 is 0 Å². The SMILES string of the molecule is CN=C(NCCCN(C(C)C)C(C)C)NCc1ccc(C(=O)N2CC(C)OC(C)C2)cc1.I. The summed E-state index contributed by atoms with van der Waals surface area (Å²) in [7, 11) is 1.79. The third kappa shape index (κ3) is 9.78. The van der Waals surface area contributed by atoms with Crippen LogP contribution in [0, 0.1) is 0 Å². The largest absolute Gasteiger partial charge is 0.372 e. The van der Waals surface area contributed by atoms with Gasteiger partial charge in [0.25, 0.3) is 5.91 Å². The fourth-order valence-electron chi connectivity index (χ4n) is 4.28. The Morgan fingerprint density at radius 2 is 1.67 bits per heavy atom. The van der Waals surface area contributed by atoms with Gasteiger partial charge in [0.05, 0.1) is 12.2 Å². The minimum Gasteiger partial charge on any atom is -0.372 e. The van der Waals surface area contributed by atoms with Gasteiger partial charge < -0.3 is 20.3 Å². The molecule has 1 heterocycles. The molecule has 7 nitrogen and oxygen atoms in total. The number of nitrogens with one attached hydrogen (secondary N) is 2. The van der Waals surface area contributed by atoms with Crippen molar-refractivity contribution in [2.24, 2.45) is 4.99 Å². The zero-order valence-corrected chi connectivity index (χ0v) is 23.8. The van der Waals surface area contributed by atoms with Gasteiger partial charge in [-0.15, -0.1) is 24.0 Å². The average molecular weight is 574 g/mol. The Morgan fingerprint density at radius 3 is 2.18 bits per heavy atom. The van der Waals surface area contributed by atoms with E-state index in [2.05, 4.69) is 48.2 Å². The van der Waals surface area contributed by atoms with Crippen molar-refractivity contribution in [2.75, 3.05) is 33.2 Å². The van der Waals surface area contributed by atoms with Crippen LogP contribution in [0.4, 0.5) is 0 Å². The molecule has 1 aliphatic rings. The van der Waals surface area contributed by atoms with Crippen molar-refractivity contribution in [3.8, 4) is 0 Å². The topological polar surface area (TPSA) is 69.2 Å². The van der Waals surface area contributed by atoms with E-state index in [9.17, 15) is 4.79 Å². The number of hydrogen-bond acceptors (Lipinski definition) is 4. The number of rotatable bonds is 9. The molecule has 0 saturated carbocycles. The van der Waals surface area contributed by atoms with Gasteiger partial charge in [-0.05, 0) is 65.7 Å². The molecule has 8 heteroatoms. The van der Waals surface area contributed by atoms with Crippen LogP contribution in [-0.2, 0) is 11.3 Å². The van der Waals surface area contributed by atoms with Crippen LogP contribution >= 0.6 is 24.0 Å². The maximum Gasteiger partial charge on any atom is 0.254 e. The first-order valence-corrected chi connectivity index (χ1v) is 11.9. The van der Waals surface area contributed by atoms with E-state index in [1.807, 2.05) is 43.0 Å². The van der Waals surface area contributed by atoms with Crippen LogP contribution in [0.15, 0.2) is 29.3 Å². The predicted molar refractivity (Wildman–Crippen MR) is 148 cm³/mol. The summed E-state index contributed by atoms with van der Waals surface area (Å²) in [5, 5.41) is 6.75. The maximum atomic E-state index is 12.8. The first-order chi connectivity index (χ1) is 15.2. The lowest BCUT2D eigenvalue weighted by Crippen LogP contribution is -2.48. The molecule has 1 fully saturated rings. The molecule has 2 unspecified atom stereocenters. The van der Waals surface area contributed by atoms with Gasteiger partial charge in [-0.3, -0.25) is 14.7 Å². The highest BCUT2D eigenvalue weighted by atomic mass is 127. The predicted octanol–water partition coefficient (Wildman–Crippen LogP) is 3.73. The molecule has 2 rings (SSSR count). The number of benzene rings is 1. The summed E-state index contributed by atoms with van der Waals surface area (Å²) in [6.07, 6.45) is 1.21. The van der Waals surface area contributed by atoms with Crippen molar-refractivity contribution in [1.82, 2.24) is 20.4 Å². The zero-order chi connectivity index (χ0) is 23.7. The van der Waals surface area contributed by atoms with Gasteiger partial charge in [-0.2, -0.15) is 0 Å². The molecular weight excluding hydrogens is 529 g/mol. The highest BCUT2D eigenvalue weighted by Crippen LogP contribution is 2.15. The lowest BCUT2D eigenvalue weighted by atomic mass is 10.1. The van der Waals surface area contributed by atoms with Crippen molar-refractivity contribution < 1.29 is 9.53 Å². The summed E-state index contributed by atoms with van der Waals surface area (Å²) in [6.45, 7) is 16.9. The number of carbonyl (C=O) groups is 1. The highest BCUT2D eigenvalue weighted by Gasteiger charge is 2.26. The second kappa shape index (κ2) is 14.8. The number of ether oxygens (including phenoxy) is 1. The standard InChI is InChI=1S/C25H43N5O2.HI/c1-18(2)30(19(3)4)14-8-13-27-25(26-7)28-15-22-9-11-23(12-10-22)24(31)29-16-20(5)32-21(6)17-29;/h9-12,18-21H,8,13-17H2,1-7H3,(H2,26,27,28);1H. The van der Waals surface area contributed by atoms with E-state index in [-0.39, 0.29) is 42.1 Å². The van der Waals surface area contributed by atoms with Crippen molar-refractivity contribution in [3.05, 3.63) is 35.4 Å². The highest BCUT2D eigenvalue weighted by molar-refractivity contribution is 14.0. The van der Waals surface area contributed by atoms with E-state index in [4.69, 9.17) is 4.74 Å². The summed E-state index contributed by atoms with van der Waals surface area (Å²) in [6, 6.07) is 8.93. The van der Waals surface area contributed by atoms with Crippen molar-refractivity contribution in [3.63, 3.8) is 0 Å². The zero-order valence-electron chi connectivity index (χ0n) is 21.4. The first kappa shape index (κ1) is 29.6. The Hall–Kier alpha value is -1.39. The Bertz CT molecular complexity index is 721.